The summed E-state index contributed by atoms with van der Waals surface area (Å²) >= 11 is 24.5. The zero-order valence-electron chi connectivity index (χ0n) is 17.6. The molecule has 1 saturated heterocycles. The van der Waals surface area contributed by atoms with E-state index in [0.29, 0.717) is 63.5 Å². The van der Waals surface area contributed by atoms with Crippen molar-refractivity contribution in [1.29, 1.82) is 0 Å². The van der Waals surface area contributed by atoms with Gasteiger partial charge < -0.3 is 9.64 Å². The predicted octanol–water partition coefficient (Wildman–Crippen LogP) is 5.21. The Kier molecular flexibility index (Phi) is 8.36. The molecule has 1 aliphatic heterocycles. The van der Waals surface area contributed by atoms with Crippen LogP contribution < -0.4 is 15.8 Å². The van der Waals surface area contributed by atoms with Crippen LogP contribution in [-0.4, -0.2) is 53.7 Å². The summed E-state index contributed by atoms with van der Waals surface area (Å²) in [6.45, 7) is 2.44. The lowest BCUT2D eigenvalue weighted by molar-refractivity contribution is 0.122. The molecule has 4 rings (SSSR count). The highest BCUT2D eigenvalue weighted by molar-refractivity contribution is 6.44. The van der Waals surface area contributed by atoms with E-state index < -0.39 is 0 Å². The molecule has 2 N–H and O–H groups in total. The lowest BCUT2D eigenvalue weighted by Gasteiger charge is -2.26. The SMILES string of the molecule is Clc1cccc(/C=N/Nc2nc(N/N=C/c3cccc(Cl)c3Cl)nc(N3CCOCC3)n2)c1Cl. The van der Waals surface area contributed by atoms with Gasteiger partial charge in [-0.3, -0.25) is 0 Å². The van der Waals surface area contributed by atoms with Crippen LogP contribution in [0.15, 0.2) is 46.6 Å². The summed E-state index contributed by atoms with van der Waals surface area (Å²) in [6, 6.07) is 10.5. The van der Waals surface area contributed by atoms with Crippen molar-refractivity contribution in [3.63, 3.8) is 0 Å². The molecule has 2 heterocycles. The highest BCUT2D eigenvalue weighted by atomic mass is 35.5. The molecule has 13 heteroatoms. The molecule has 9 nitrogen and oxygen atoms in total. The van der Waals surface area contributed by atoms with Crippen molar-refractivity contribution in [1.82, 2.24) is 15.0 Å². The molecule has 0 atom stereocenters. The van der Waals surface area contributed by atoms with Gasteiger partial charge >= 0.3 is 0 Å². The van der Waals surface area contributed by atoms with Crippen molar-refractivity contribution in [2.75, 3.05) is 42.1 Å². The molecular formula is C21H18Cl4N8O. The van der Waals surface area contributed by atoms with E-state index in [1.165, 1.54) is 12.4 Å². The fourth-order valence-corrected chi connectivity index (χ4v) is 3.64. The summed E-state index contributed by atoms with van der Waals surface area (Å²) in [7, 11) is 0. The molecule has 1 aromatic heterocycles. The summed E-state index contributed by atoms with van der Waals surface area (Å²) in [4.78, 5) is 15.2. The third kappa shape index (κ3) is 6.25. The van der Waals surface area contributed by atoms with Gasteiger partial charge in [0.15, 0.2) is 0 Å². The topological polar surface area (TPSA) is 99.9 Å². The van der Waals surface area contributed by atoms with Gasteiger partial charge in [-0.15, -0.1) is 0 Å². The van der Waals surface area contributed by atoms with Crippen LogP contribution in [0.3, 0.4) is 0 Å². The van der Waals surface area contributed by atoms with E-state index in [9.17, 15) is 0 Å². The summed E-state index contributed by atoms with van der Waals surface area (Å²) < 4.78 is 5.41. The lowest BCUT2D eigenvalue weighted by atomic mass is 10.2. The molecule has 1 aliphatic rings. The van der Waals surface area contributed by atoms with Crippen LogP contribution in [0, 0.1) is 0 Å². The quantitative estimate of drug-likeness (QED) is 0.314. The maximum absolute atomic E-state index is 6.20. The second kappa shape index (κ2) is 11.6. The molecule has 0 saturated carbocycles. The number of rotatable bonds is 7. The maximum Gasteiger partial charge on any atom is 0.250 e. The van der Waals surface area contributed by atoms with Crippen molar-refractivity contribution >= 4 is 76.7 Å². The fourth-order valence-electron chi connectivity index (χ4n) is 2.93. The molecule has 0 amide bonds. The van der Waals surface area contributed by atoms with Gasteiger partial charge in [0, 0.05) is 24.2 Å². The van der Waals surface area contributed by atoms with Crippen LogP contribution >= 0.6 is 46.4 Å². The molecule has 34 heavy (non-hydrogen) atoms. The Bertz CT molecular complexity index is 1140. The zero-order chi connectivity index (χ0) is 23.9. The van der Waals surface area contributed by atoms with Crippen molar-refractivity contribution in [2.45, 2.75) is 0 Å². The number of aromatic nitrogens is 3. The highest BCUT2D eigenvalue weighted by Gasteiger charge is 2.16. The minimum absolute atomic E-state index is 0.212. The number of benzene rings is 2. The largest absolute Gasteiger partial charge is 0.378 e. The third-order valence-electron chi connectivity index (χ3n) is 4.62. The monoisotopic (exact) mass is 538 g/mol. The van der Waals surface area contributed by atoms with Crippen molar-refractivity contribution < 1.29 is 4.74 Å². The smallest absolute Gasteiger partial charge is 0.250 e. The molecule has 0 unspecified atom stereocenters. The summed E-state index contributed by atoms with van der Waals surface area (Å²) in [5, 5.41) is 10.0. The Morgan fingerprint density at radius 2 is 1.26 bits per heavy atom. The van der Waals surface area contributed by atoms with Gasteiger partial charge in [0.25, 0.3) is 0 Å². The van der Waals surface area contributed by atoms with Gasteiger partial charge in [0.2, 0.25) is 17.8 Å². The fraction of sp³-hybridized carbons (Fsp3) is 0.190. The Morgan fingerprint density at radius 3 is 1.76 bits per heavy atom. The first-order chi connectivity index (χ1) is 16.5. The standard InChI is InChI=1S/C21H18Cl4N8O/c22-15-5-1-3-13(17(15)24)11-26-31-19-28-20(30-21(29-19)33-7-9-34-10-8-33)32-27-12-14-4-2-6-16(23)18(14)25/h1-6,11-12H,7-10H2,(H2,28,29,30,31,32)/b26-11+,27-12+. The number of nitrogens with one attached hydrogen (secondary N) is 2. The average Bonchev–Trinajstić information content (AvgIpc) is 2.85. The number of halogens is 4. The number of anilines is 3. The van der Waals surface area contributed by atoms with E-state index >= 15 is 0 Å². The Hall–Kier alpha value is -2.69. The molecular weight excluding hydrogens is 522 g/mol. The molecule has 0 bridgehead atoms. The van der Waals surface area contributed by atoms with E-state index in [1.807, 2.05) is 4.90 Å². The molecule has 176 valence electrons. The molecule has 0 aliphatic carbocycles. The number of hydrogen-bond acceptors (Lipinski definition) is 9. The second-order valence-electron chi connectivity index (χ2n) is 6.91. The summed E-state index contributed by atoms with van der Waals surface area (Å²) in [5.41, 5.74) is 6.89. The minimum Gasteiger partial charge on any atom is -0.378 e. The number of ether oxygens (including phenoxy) is 1. The van der Waals surface area contributed by atoms with Crippen LogP contribution in [0.2, 0.25) is 20.1 Å². The van der Waals surface area contributed by atoms with Crippen molar-refractivity contribution in [3.8, 4) is 0 Å². The van der Waals surface area contributed by atoms with Gasteiger partial charge in [-0.1, -0.05) is 70.7 Å². The number of hydrogen-bond donors (Lipinski definition) is 2. The van der Waals surface area contributed by atoms with Crippen molar-refractivity contribution in [3.05, 3.63) is 67.6 Å². The van der Waals surface area contributed by atoms with Crippen LogP contribution in [0.25, 0.3) is 0 Å². The maximum atomic E-state index is 6.20. The number of hydrazone groups is 2. The molecule has 2 aromatic carbocycles. The Labute approximate surface area is 215 Å². The van der Waals surface area contributed by atoms with Crippen LogP contribution in [0.4, 0.5) is 17.8 Å². The van der Waals surface area contributed by atoms with Gasteiger partial charge in [0.1, 0.15) is 0 Å². The van der Waals surface area contributed by atoms with Gasteiger partial charge in [0.05, 0.1) is 45.7 Å². The molecule has 0 spiro atoms. The van der Waals surface area contributed by atoms with Gasteiger partial charge in [-0.2, -0.15) is 25.2 Å². The summed E-state index contributed by atoms with van der Waals surface area (Å²) in [5.74, 6) is 0.879. The Balaban J connectivity index is 1.55. The predicted molar refractivity (Wildman–Crippen MR) is 138 cm³/mol. The Morgan fingerprint density at radius 1 is 0.765 bits per heavy atom. The second-order valence-corrected chi connectivity index (χ2v) is 8.48. The lowest BCUT2D eigenvalue weighted by Crippen LogP contribution is -2.37. The third-order valence-corrected chi connectivity index (χ3v) is 6.28. The number of nitrogens with zero attached hydrogens (tertiary/aromatic N) is 6. The summed E-state index contributed by atoms with van der Waals surface area (Å²) in [6.07, 6.45) is 3.05. The van der Waals surface area contributed by atoms with Gasteiger partial charge in [-0.05, 0) is 12.1 Å². The van der Waals surface area contributed by atoms with Crippen LogP contribution in [0.5, 0.6) is 0 Å². The first-order valence-electron chi connectivity index (χ1n) is 10.1. The molecule has 0 radical (unpaired) electrons. The highest BCUT2D eigenvalue weighted by Crippen LogP contribution is 2.25. The van der Waals surface area contributed by atoms with E-state index in [4.69, 9.17) is 51.1 Å². The minimum atomic E-state index is 0.212. The molecule has 3 aromatic rings. The normalized spacial score (nSPS) is 14.2. The van der Waals surface area contributed by atoms with Crippen LogP contribution in [0.1, 0.15) is 11.1 Å². The first-order valence-corrected chi connectivity index (χ1v) is 11.6. The van der Waals surface area contributed by atoms with Gasteiger partial charge in [-0.25, -0.2) is 10.9 Å². The first kappa shape index (κ1) is 24.4. The number of morpholine rings is 1. The van der Waals surface area contributed by atoms with E-state index in [1.54, 1.807) is 36.4 Å². The van der Waals surface area contributed by atoms with E-state index in [-0.39, 0.29) is 11.9 Å². The van der Waals surface area contributed by atoms with Crippen LogP contribution in [-0.2, 0) is 4.74 Å². The van der Waals surface area contributed by atoms with E-state index in [2.05, 4.69) is 36.0 Å². The van der Waals surface area contributed by atoms with Crippen molar-refractivity contribution in [2.24, 2.45) is 10.2 Å². The zero-order valence-corrected chi connectivity index (χ0v) is 20.6. The van der Waals surface area contributed by atoms with E-state index in [0.717, 1.165) is 0 Å². The molecule has 1 fully saturated rings. The average molecular weight is 540 g/mol.